The Labute approximate surface area is 182 Å². The highest BCUT2D eigenvalue weighted by Crippen LogP contribution is 2.47. The second kappa shape index (κ2) is 7.91. The van der Waals surface area contributed by atoms with E-state index >= 15 is 0 Å². The number of amides is 1. The summed E-state index contributed by atoms with van der Waals surface area (Å²) in [6, 6.07) is 18.1. The van der Waals surface area contributed by atoms with E-state index in [9.17, 15) is 9.90 Å². The molecular formula is C24H29N3O4. The number of anilines is 2. The van der Waals surface area contributed by atoms with Gasteiger partial charge in [-0.05, 0) is 18.2 Å². The molecule has 1 amide bonds. The van der Waals surface area contributed by atoms with Gasteiger partial charge in [-0.25, -0.2) is 0 Å². The van der Waals surface area contributed by atoms with Crippen molar-refractivity contribution in [3.63, 3.8) is 0 Å². The molecule has 0 aliphatic carbocycles. The first kappa shape index (κ1) is 20.5. The third-order valence-corrected chi connectivity index (χ3v) is 6.54. The van der Waals surface area contributed by atoms with Crippen LogP contribution in [0.4, 0.5) is 11.4 Å². The molecular weight excluding hydrogens is 394 g/mol. The zero-order chi connectivity index (χ0) is 21.5. The molecule has 2 fully saturated rings. The summed E-state index contributed by atoms with van der Waals surface area (Å²) in [6.07, 6.45) is 0. The Kier molecular flexibility index (Phi) is 5.22. The quantitative estimate of drug-likeness (QED) is 0.812. The monoisotopic (exact) mass is 423 g/mol. The molecule has 7 nitrogen and oxygen atoms in total. The highest BCUT2D eigenvalue weighted by Gasteiger charge is 2.57. The van der Waals surface area contributed by atoms with Crippen molar-refractivity contribution in [3.05, 3.63) is 60.2 Å². The molecule has 0 radical (unpaired) electrons. The summed E-state index contributed by atoms with van der Waals surface area (Å²) in [7, 11) is 0. The van der Waals surface area contributed by atoms with Crippen molar-refractivity contribution < 1.29 is 19.4 Å². The number of carbonyl (C=O) groups is 1. The van der Waals surface area contributed by atoms with Crippen molar-refractivity contribution >= 4 is 17.3 Å². The molecule has 7 heteroatoms. The summed E-state index contributed by atoms with van der Waals surface area (Å²) in [6.45, 7) is 6.48. The van der Waals surface area contributed by atoms with Crippen LogP contribution in [0.5, 0.6) is 0 Å². The predicted octanol–water partition coefficient (Wildman–Crippen LogP) is 2.01. The Bertz CT molecular complexity index is 935. The summed E-state index contributed by atoms with van der Waals surface area (Å²) in [5.41, 5.74) is 2.33. The Balaban J connectivity index is 1.31. The number of piperazine rings is 1. The molecule has 0 aromatic heterocycles. The third-order valence-electron chi connectivity index (χ3n) is 6.54. The molecule has 164 valence electrons. The third kappa shape index (κ3) is 3.51. The fourth-order valence-electron chi connectivity index (χ4n) is 4.52. The fourth-order valence-corrected chi connectivity index (χ4v) is 4.52. The van der Waals surface area contributed by atoms with Gasteiger partial charge >= 0.3 is 0 Å². The van der Waals surface area contributed by atoms with Gasteiger partial charge in [0, 0.05) is 42.8 Å². The Hall–Kier alpha value is -2.45. The van der Waals surface area contributed by atoms with Crippen LogP contribution in [-0.2, 0) is 20.1 Å². The summed E-state index contributed by atoms with van der Waals surface area (Å²) in [5, 5.41) is 9.65. The second-order valence-electron chi connectivity index (χ2n) is 9.00. The first-order valence-electron chi connectivity index (χ1n) is 10.9. The molecule has 3 heterocycles. The lowest BCUT2D eigenvalue weighted by Gasteiger charge is -2.41. The zero-order valence-electron chi connectivity index (χ0n) is 17.9. The molecule has 0 atom stereocenters. The summed E-state index contributed by atoms with van der Waals surface area (Å²) < 4.78 is 12.1. The normalized spacial score (nSPS) is 28.9. The van der Waals surface area contributed by atoms with E-state index < -0.39 is 11.2 Å². The van der Waals surface area contributed by atoms with Gasteiger partial charge < -0.3 is 19.5 Å². The Morgan fingerprint density at radius 1 is 0.935 bits per heavy atom. The number of aliphatic hydroxyl groups is 1. The number of hydrogen-bond donors (Lipinski definition) is 1. The van der Waals surface area contributed by atoms with Gasteiger partial charge in [-0.2, -0.15) is 0 Å². The predicted molar refractivity (Wildman–Crippen MR) is 118 cm³/mol. The number of fused-ring (bicyclic) bond motifs is 2. The van der Waals surface area contributed by atoms with Crippen LogP contribution in [0.1, 0.15) is 12.5 Å². The Morgan fingerprint density at radius 2 is 1.58 bits per heavy atom. The maximum Gasteiger partial charge on any atom is 0.293 e. The minimum atomic E-state index is -1.41. The number of ether oxygens (including phenoxy) is 2. The molecule has 3 aliphatic rings. The van der Waals surface area contributed by atoms with Gasteiger partial charge in [0.05, 0.1) is 32.2 Å². The van der Waals surface area contributed by atoms with E-state index in [0.29, 0.717) is 6.67 Å². The largest absolute Gasteiger partial charge is 0.396 e. The second-order valence-corrected chi connectivity index (χ2v) is 9.00. The molecule has 1 spiro atoms. The molecule has 0 bridgehead atoms. The average Bonchev–Trinajstić information content (AvgIpc) is 3.05. The van der Waals surface area contributed by atoms with Gasteiger partial charge in [-0.1, -0.05) is 43.3 Å². The maximum absolute atomic E-state index is 13.6. The van der Waals surface area contributed by atoms with Crippen molar-refractivity contribution in [3.8, 4) is 0 Å². The molecule has 3 aliphatic heterocycles. The molecule has 1 N–H and O–H groups in total. The van der Waals surface area contributed by atoms with Crippen molar-refractivity contribution in [2.45, 2.75) is 12.7 Å². The van der Waals surface area contributed by atoms with Crippen LogP contribution in [-0.4, -0.2) is 68.6 Å². The number of rotatable bonds is 4. The molecule has 2 aromatic carbocycles. The first-order chi connectivity index (χ1) is 15.0. The highest BCUT2D eigenvalue weighted by molar-refractivity contribution is 6.06. The maximum atomic E-state index is 13.6. The van der Waals surface area contributed by atoms with E-state index in [1.807, 2.05) is 37.3 Å². The average molecular weight is 424 g/mol. The van der Waals surface area contributed by atoms with Crippen molar-refractivity contribution in [2.75, 3.05) is 62.5 Å². The number of carbonyl (C=O) groups excluding carboxylic acids is 1. The van der Waals surface area contributed by atoms with E-state index in [1.165, 1.54) is 5.69 Å². The highest BCUT2D eigenvalue weighted by atomic mass is 16.7. The van der Waals surface area contributed by atoms with Gasteiger partial charge in [0.15, 0.2) is 0 Å². The number of hydrogen-bond acceptors (Lipinski definition) is 6. The number of aliphatic hydroxyl groups excluding tert-OH is 1. The minimum absolute atomic E-state index is 0.0473. The van der Waals surface area contributed by atoms with E-state index in [4.69, 9.17) is 9.47 Å². The number of benzene rings is 2. The molecule has 2 aromatic rings. The summed E-state index contributed by atoms with van der Waals surface area (Å²) >= 11 is 0. The van der Waals surface area contributed by atoms with Crippen LogP contribution in [0, 0.1) is 5.41 Å². The number of para-hydroxylation sites is 2. The lowest BCUT2D eigenvalue weighted by atomic mass is 9.92. The van der Waals surface area contributed by atoms with Crippen LogP contribution >= 0.6 is 0 Å². The Morgan fingerprint density at radius 3 is 2.26 bits per heavy atom. The van der Waals surface area contributed by atoms with Gasteiger partial charge in [0.2, 0.25) is 0 Å². The van der Waals surface area contributed by atoms with E-state index in [0.717, 1.165) is 37.4 Å². The van der Waals surface area contributed by atoms with Crippen LogP contribution in [0.3, 0.4) is 0 Å². The van der Waals surface area contributed by atoms with Gasteiger partial charge in [0.1, 0.15) is 0 Å². The molecule has 0 unspecified atom stereocenters. The van der Waals surface area contributed by atoms with Crippen LogP contribution in [0.15, 0.2) is 54.6 Å². The lowest BCUT2D eigenvalue weighted by molar-refractivity contribution is -0.293. The van der Waals surface area contributed by atoms with Crippen LogP contribution in [0.2, 0.25) is 0 Å². The van der Waals surface area contributed by atoms with E-state index in [2.05, 4.69) is 34.1 Å². The molecule has 31 heavy (non-hydrogen) atoms. The standard InChI is InChI=1S/C24H29N3O4/c1-23(15-28)16-30-24(31-17-23)20-9-5-6-10-21(20)27(22(24)29)18-25-11-13-26(14-12-25)19-7-3-2-4-8-19/h2-10,28H,11-18H2,1H3. The van der Waals surface area contributed by atoms with Crippen LogP contribution < -0.4 is 9.80 Å². The SMILES string of the molecule is CC1(CO)COC2(OC1)C(=O)N(CN1CCN(c3ccccc3)CC1)c1ccccc12. The van der Waals surface area contributed by atoms with Crippen molar-refractivity contribution in [1.29, 1.82) is 0 Å². The molecule has 2 saturated heterocycles. The molecule has 5 rings (SSSR count). The van der Waals surface area contributed by atoms with Crippen molar-refractivity contribution in [2.24, 2.45) is 5.41 Å². The topological polar surface area (TPSA) is 65.5 Å². The first-order valence-corrected chi connectivity index (χ1v) is 10.9. The number of nitrogens with zero attached hydrogens (tertiary/aromatic N) is 3. The minimum Gasteiger partial charge on any atom is -0.396 e. The zero-order valence-corrected chi connectivity index (χ0v) is 17.9. The van der Waals surface area contributed by atoms with Crippen LogP contribution in [0.25, 0.3) is 0 Å². The van der Waals surface area contributed by atoms with E-state index in [-0.39, 0.29) is 25.7 Å². The van der Waals surface area contributed by atoms with Gasteiger partial charge in [0.25, 0.3) is 11.7 Å². The van der Waals surface area contributed by atoms with E-state index in [1.54, 1.807) is 4.90 Å². The summed E-state index contributed by atoms with van der Waals surface area (Å²) in [4.78, 5) is 20.0. The lowest BCUT2D eigenvalue weighted by Crippen LogP contribution is -2.55. The molecule has 0 saturated carbocycles. The van der Waals surface area contributed by atoms with Gasteiger partial charge in [-0.3, -0.25) is 14.6 Å². The summed E-state index contributed by atoms with van der Waals surface area (Å²) in [5.74, 6) is -1.59. The van der Waals surface area contributed by atoms with Gasteiger partial charge in [-0.15, -0.1) is 0 Å². The smallest absolute Gasteiger partial charge is 0.293 e. The fraction of sp³-hybridized carbons (Fsp3) is 0.458. The van der Waals surface area contributed by atoms with Crippen molar-refractivity contribution in [1.82, 2.24) is 4.90 Å².